The number of amides is 1. The summed E-state index contributed by atoms with van der Waals surface area (Å²) in [5.41, 5.74) is 0. The number of anilines is 1. The van der Waals surface area contributed by atoms with Crippen LogP contribution in [0.4, 0.5) is 5.82 Å². The number of nitrogens with zero attached hydrogens (tertiary/aromatic N) is 2. The van der Waals surface area contributed by atoms with Gasteiger partial charge in [-0.1, -0.05) is 0 Å². The number of H-pyrrole nitrogens is 2. The van der Waals surface area contributed by atoms with Gasteiger partial charge in [-0.05, 0) is 0 Å². The van der Waals surface area contributed by atoms with Gasteiger partial charge in [0, 0.05) is 24.7 Å². The largest absolute Gasteiger partial charge is 0.341 e. The first-order valence-electron chi connectivity index (χ1n) is 3.67. The molecular weight excluding hydrogens is 170 g/mol. The maximum Gasteiger partial charge on any atom is 0.292 e. The van der Waals surface area contributed by atoms with E-state index in [1.165, 1.54) is 6.20 Å². The molecule has 0 fully saturated rings. The number of hydrogen-bond acceptors (Lipinski definition) is 3. The van der Waals surface area contributed by atoms with E-state index in [4.69, 9.17) is 0 Å². The summed E-state index contributed by atoms with van der Waals surface area (Å²) in [6.07, 6.45) is 4.72. The highest BCUT2D eigenvalue weighted by molar-refractivity contribution is 6.00. The first kappa shape index (κ1) is 7.53. The van der Waals surface area contributed by atoms with E-state index >= 15 is 0 Å². The van der Waals surface area contributed by atoms with Crippen LogP contribution in [0.1, 0.15) is 10.6 Å². The third-order valence-electron chi connectivity index (χ3n) is 1.46. The van der Waals surface area contributed by atoms with Crippen molar-refractivity contribution in [3.63, 3.8) is 0 Å². The average molecular weight is 177 g/mol. The Balaban J connectivity index is 2.08. The highest BCUT2D eigenvalue weighted by Crippen LogP contribution is 2.00. The van der Waals surface area contributed by atoms with Crippen LogP contribution in [-0.4, -0.2) is 26.1 Å². The predicted octanol–water partition coefficient (Wildman–Crippen LogP) is 0.385. The molecule has 0 spiro atoms. The summed E-state index contributed by atoms with van der Waals surface area (Å²) >= 11 is 0. The standard InChI is InChI=1S/C7H7N5O/c13-7(6-8-3-4-9-6)11-5-1-2-10-12-5/h1-4H,(H,8,9)(H2,10,11,12,13). The number of aromatic nitrogens is 4. The second-order valence-corrected chi connectivity index (χ2v) is 2.35. The second kappa shape index (κ2) is 3.10. The molecule has 0 saturated heterocycles. The van der Waals surface area contributed by atoms with Gasteiger partial charge in [-0.2, -0.15) is 5.10 Å². The van der Waals surface area contributed by atoms with Gasteiger partial charge in [-0.15, -0.1) is 0 Å². The van der Waals surface area contributed by atoms with Crippen molar-refractivity contribution in [2.24, 2.45) is 0 Å². The molecule has 0 aromatic carbocycles. The molecule has 3 N–H and O–H groups in total. The minimum atomic E-state index is -0.308. The summed E-state index contributed by atoms with van der Waals surface area (Å²) in [4.78, 5) is 17.8. The number of imidazole rings is 1. The van der Waals surface area contributed by atoms with Gasteiger partial charge >= 0.3 is 0 Å². The number of nitrogens with one attached hydrogen (secondary N) is 3. The first-order chi connectivity index (χ1) is 6.36. The van der Waals surface area contributed by atoms with E-state index in [0.29, 0.717) is 5.82 Å². The summed E-state index contributed by atoms with van der Waals surface area (Å²) in [7, 11) is 0. The molecule has 2 aromatic heterocycles. The summed E-state index contributed by atoms with van der Waals surface area (Å²) in [5, 5.41) is 8.90. The highest BCUT2D eigenvalue weighted by Gasteiger charge is 2.08. The molecule has 0 unspecified atom stereocenters. The predicted molar refractivity (Wildman–Crippen MR) is 45.1 cm³/mol. The lowest BCUT2D eigenvalue weighted by molar-refractivity contribution is 0.101. The lowest BCUT2D eigenvalue weighted by Crippen LogP contribution is -2.13. The SMILES string of the molecule is O=C(Nc1cc[nH]n1)c1ncc[nH]1. The van der Waals surface area contributed by atoms with Crippen LogP contribution in [0, 0.1) is 0 Å². The Hall–Kier alpha value is -2.11. The summed E-state index contributed by atoms with van der Waals surface area (Å²) in [6.45, 7) is 0. The molecule has 2 rings (SSSR count). The quantitative estimate of drug-likeness (QED) is 0.620. The fraction of sp³-hybridized carbons (Fsp3) is 0. The first-order valence-corrected chi connectivity index (χ1v) is 3.67. The molecule has 0 radical (unpaired) electrons. The molecule has 6 heteroatoms. The van der Waals surface area contributed by atoms with Gasteiger partial charge in [0.1, 0.15) is 0 Å². The van der Waals surface area contributed by atoms with Crippen LogP contribution in [-0.2, 0) is 0 Å². The fourth-order valence-corrected chi connectivity index (χ4v) is 0.895. The monoisotopic (exact) mass is 177 g/mol. The van der Waals surface area contributed by atoms with Gasteiger partial charge in [-0.25, -0.2) is 4.98 Å². The number of rotatable bonds is 2. The molecule has 0 aliphatic heterocycles. The number of carbonyl (C=O) groups excluding carboxylic acids is 1. The van der Waals surface area contributed by atoms with Crippen LogP contribution in [0.2, 0.25) is 0 Å². The van der Waals surface area contributed by atoms with Crippen LogP contribution in [0.25, 0.3) is 0 Å². The Morgan fingerprint density at radius 2 is 2.38 bits per heavy atom. The molecule has 66 valence electrons. The Morgan fingerprint density at radius 3 is 3.00 bits per heavy atom. The lowest BCUT2D eigenvalue weighted by Gasteiger charge is -1.96. The Kier molecular flexibility index (Phi) is 1.79. The Labute approximate surface area is 73.4 Å². The number of carbonyl (C=O) groups is 1. The molecule has 2 aromatic rings. The zero-order valence-corrected chi connectivity index (χ0v) is 6.61. The third-order valence-corrected chi connectivity index (χ3v) is 1.46. The van der Waals surface area contributed by atoms with Crippen molar-refractivity contribution in [3.05, 3.63) is 30.5 Å². The lowest BCUT2D eigenvalue weighted by atomic mass is 10.5. The third kappa shape index (κ3) is 1.56. The van der Waals surface area contributed by atoms with E-state index in [9.17, 15) is 4.79 Å². The van der Waals surface area contributed by atoms with Crippen LogP contribution in [0.3, 0.4) is 0 Å². The smallest absolute Gasteiger partial charge is 0.292 e. The normalized spacial score (nSPS) is 9.85. The van der Waals surface area contributed by atoms with Gasteiger partial charge < -0.3 is 10.3 Å². The van der Waals surface area contributed by atoms with Crippen LogP contribution < -0.4 is 5.32 Å². The van der Waals surface area contributed by atoms with Crippen molar-refractivity contribution < 1.29 is 4.79 Å². The second-order valence-electron chi connectivity index (χ2n) is 2.35. The average Bonchev–Trinajstić information content (AvgIpc) is 2.74. The van der Waals surface area contributed by atoms with Crippen molar-refractivity contribution in [1.29, 1.82) is 0 Å². The van der Waals surface area contributed by atoms with Gasteiger partial charge in [0.25, 0.3) is 5.91 Å². The van der Waals surface area contributed by atoms with Crippen molar-refractivity contribution in [2.75, 3.05) is 5.32 Å². The minimum absolute atomic E-state index is 0.267. The molecule has 0 atom stereocenters. The zero-order valence-electron chi connectivity index (χ0n) is 6.61. The molecule has 0 saturated carbocycles. The fourth-order valence-electron chi connectivity index (χ4n) is 0.895. The summed E-state index contributed by atoms with van der Waals surface area (Å²) in [5.74, 6) is 0.432. The number of aromatic amines is 2. The molecule has 2 heterocycles. The van der Waals surface area contributed by atoms with Crippen molar-refractivity contribution >= 4 is 11.7 Å². The topological polar surface area (TPSA) is 86.5 Å². The van der Waals surface area contributed by atoms with E-state index in [1.807, 2.05) is 0 Å². The van der Waals surface area contributed by atoms with Crippen molar-refractivity contribution in [3.8, 4) is 0 Å². The van der Waals surface area contributed by atoms with Crippen molar-refractivity contribution in [1.82, 2.24) is 20.2 Å². The molecule has 0 aliphatic rings. The van der Waals surface area contributed by atoms with Crippen LogP contribution in [0.15, 0.2) is 24.7 Å². The Bertz CT molecular complexity index is 377. The maximum atomic E-state index is 11.3. The van der Waals surface area contributed by atoms with E-state index in [-0.39, 0.29) is 11.7 Å². The van der Waals surface area contributed by atoms with E-state index in [2.05, 4.69) is 25.5 Å². The minimum Gasteiger partial charge on any atom is -0.341 e. The molecule has 13 heavy (non-hydrogen) atoms. The van der Waals surface area contributed by atoms with Crippen LogP contribution >= 0.6 is 0 Å². The van der Waals surface area contributed by atoms with Gasteiger partial charge in [0.2, 0.25) is 0 Å². The maximum absolute atomic E-state index is 11.3. The number of hydrogen-bond donors (Lipinski definition) is 3. The van der Waals surface area contributed by atoms with Gasteiger partial charge in [-0.3, -0.25) is 9.89 Å². The molecular formula is C7H7N5O. The highest BCUT2D eigenvalue weighted by atomic mass is 16.2. The van der Waals surface area contributed by atoms with Crippen molar-refractivity contribution in [2.45, 2.75) is 0 Å². The molecule has 1 amide bonds. The molecule has 0 bridgehead atoms. The Morgan fingerprint density at radius 1 is 1.46 bits per heavy atom. The summed E-state index contributed by atoms with van der Waals surface area (Å²) < 4.78 is 0. The zero-order chi connectivity index (χ0) is 9.10. The molecule has 6 nitrogen and oxygen atoms in total. The van der Waals surface area contributed by atoms with E-state index in [0.717, 1.165) is 0 Å². The van der Waals surface area contributed by atoms with Gasteiger partial charge in [0.05, 0.1) is 0 Å². The molecule has 0 aliphatic carbocycles. The van der Waals surface area contributed by atoms with Gasteiger partial charge in [0.15, 0.2) is 11.6 Å². The van der Waals surface area contributed by atoms with E-state index < -0.39 is 0 Å². The van der Waals surface area contributed by atoms with E-state index in [1.54, 1.807) is 18.5 Å². The van der Waals surface area contributed by atoms with Crippen LogP contribution in [0.5, 0.6) is 0 Å². The summed E-state index contributed by atoms with van der Waals surface area (Å²) in [6, 6.07) is 1.65.